The average Bonchev–Trinajstić information content (AvgIpc) is 2.38. The summed E-state index contributed by atoms with van der Waals surface area (Å²) in [5.41, 5.74) is 6.13. The largest absolute Gasteiger partial charge is 0.310 e. The number of hydrogen-bond donors (Lipinski definition) is 1. The normalized spacial score (nSPS) is 11.0. The first-order valence-electron chi connectivity index (χ1n) is 6.82. The molecule has 1 aromatic carbocycles. The van der Waals surface area contributed by atoms with Gasteiger partial charge in [-0.2, -0.15) is 0 Å². The van der Waals surface area contributed by atoms with E-state index in [-0.39, 0.29) is 0 Å². The van der Waals surface area contributed by atoms with E-state index in [4.69, 9.17) is 0 Å². The average molecular weight is 254 g/mol. The van der Waals surface area contributed by atoms with E-state index in [9.17, 15) is 0 Å². The van der Waals surface area contributed by atoms with Gasteiger partial charge in [0.05, 0.1) is 0 Å². The highest BCUT2D eigenvalue weighted by Crippen LogP contribution is 2.24. The summed E-state index contributed by atoms with van der Waals surface area (Å²) >= 11 is 0. The third kappa shape index (κ3) is 3.65. The van der Waals surface area contributed by atoms with Crippen molar-refractivity contribution < 1.29 is 0 Å². The third-order valence-electron chi connectivity index (χ3n) is 3.19. The Balaban J connectivity index is 2.36. The first kappa shape index (κ1) is 13.8. The predicted molar refractivity (Wildman–Crippen MR) is 81.1 cm³/mol. The van der Waals surface area contributed by atoms with Crippen LogP contribution in [0.5, 0.6) is 0 Å². The van der Waals surface area contributed by atoms with Crippen molar-refractivity contribution in [1.29, 1.82) is 0 Å². The van der Waals surface area contributed by atoms with Gasteiger partial charge in [0.1, 0.15) is 0 Å². The van der Waals surface area contributed by atoms with E-state index in [1.165, 1.54) is 22.3 Å². The van der Waals surface area contributed by atoms with Gasteiger partial charge in [-0.25, -0.2) is 0 Å². The van der Waals surface area contributed by atoms with Crippen molar-refractivity contribution in [2.75, 3.05) is 0 Å². The molecular formula is C17H22N2. The number of pyridine rings is 1. The van der Waals surface area contributed by atoms with Gasteiger partial charge in [0.25, 0.3) is 0 Å². The second-order valence-corrected chi connectivity index (χ2v) is 5.38. The number of aryl methyl sites for hydroxylation is 2. The lowest BCUT2D eigenvalue weighted by molar-refractivity contribution is 0.589. The number of nitrogens with one attached hydrogen (secondary N) is 1. The van der Waals surface area contributed by atoms with Gasteiger partial charge in [-0.15, -0.1) is 0 Å². The Labute approximate surface area is 115 Å². The van der Waals surface area contributed by atoms with Crippen LogP contribution >= 0.6 is 0 Å². The molecule has 0 saturated heterocycles. The van der Waals surface area contributed by atoms with Gasteiger partial charge in [-0.1, -0.05) is 43.7 Å². The van der Waals surface area contributed by atoms with Crippen molar-refractivity contribution in [2.45, 2.75) is 40.3 Å². The molecule has 0 radical (unpaired) electrons. The Hall–Kier alpha value is -1.67. The maximum atomic E-state index is 4.40. The van der Waals surface area contributed by atoms with Gasteiger partial charge in [0.15, 0.2) is 0 Å². The molecule has 2 rings (SSSR count). The van der Waals surface area contributed by atoms with E-state index >= 15 is 0 Å². The molecule has 1 aromatic heterocycles. The van der Waals surface area contributed by atoms with E-state index in [1.807, 2.05) is 13.1 Å². The second kappa shape index (κ2) is 5.98. The summed E-state index contributed by atoms with van der Waals surface area (Å²) in [5, 5.41) is 3.48. The van der Waals surface area contributed by atoms with Gasteiger partial charge in [0, 0.05) is 30.0 Å². The van der Waals surface area contributed by atoms with Crippen LogP contribution in [0.2, 0.25) is 0 Å². The summed E-state index contributed by atoms with van der Waals surface area (Å²) < 4.78 is 0. The number of nitrogens with zero attached hydrogens (tertiary/aromatic N) is 1. The fourth-order valence-corrected chi connectivity index (χ4v) is 2.05. The van der Waals surface area contributed by atoms with Gasteiger partial charge in [-0.05, 0) is 31.0 Å². The molecule has 0 amide bonds. The molecule has 0 saturated carbocycles. The van der Waals surface area contributed by atoms with Crippen molar-refractivity contribution in [3.63, 3.8) is 0 Å². The number of hydrogen-bond acceptors (Lipinski definition) is 2. The predicted octanol–water partition coefficient (Wildman–Crippen LogP) is 3.86. The summed E-state index contributed by atoms with van der Waals surface area (Å²) in [7, 11) is 0. The highest BCUT2D eigenvalue weighted by atomic mass is 14.9. The van der Waals surface area contributed by atoms with Crippen LogP contribution in [0.4, 0.5) is 0 Å². The smallest absolute Gasteiger partial charge is 0.0373 e. The van der Waals surface area contributed by atoms with Crippen LogP contribution in [0.3, 0.4) is 0 Å². The zero-order valence-electron chi connectivity index (χ0n) is 12.2. The fourth-order valence-electron chi connectivity index (χ4n) is 2.05. The molecule has 19 heavy (non-hydrogen) atoms. The minimum atomic E-state index is 0.491. The SMILES string of the molecule is Cc1ccc(CNC(C)C)c(-c2ccc(C)nc2)c1. The van der Waals surface area contributed by atoms with Crippen molar-refractivity contribution in [2.24, 2.45) is 0 Å². The van der Waals surface area contributed by atoms with Gasteiger partial charge < -0.3 is 5.32 Å². The Morgan fingerprint density at radius 2 is 1.89 bits per heavy atom. The van der Waals surface area contributed by atoms with Crippen LogP contribution in [0.15, 0.2) is 36.5 Å². The summed E-state index contributed by atoms with van der Waals surface area (Å²) in [6.07, 6.45) is 1.96. The van der Waals surface area contributed by atoms with Crippen LogP contribution in [0.1, 0.15) is 30.7 Å². The summed E-state index contributed by atoms with van der Waals surface area (Å²) in [6, 6.07) is 11.3. The van der Waals surface area contributed by atoms with E-state index in [0.29, 0.717) is 6.04 Å². The van der Waals surface area contributed by atoms with Crippen LogP contribution in [0.25, 0.3) is 11.1 Å². The van der Waals surface area contributed by atoms with Crippen LogP contribution in [-0.4, -0.2) is 11.0 Å². The lowest BCUT2D eigenvalue weighted by Gasteiger charge is -2.13. The van der Waals surface area contributed by atoms with Gasteiger partial charge in [0.2, 0.25) is 0 Å². The molecule has 0 fully saturated rings. The summed E-state index contributed by atoms with van der Waals surface area (Å²) in [5.74, 6) is 0. The summed E-state index contributed by atoms with van der Waals surface area (Å²) in [4.78, 5) is 4.40. The molecule has 1 N–H and O–H groups in total. The van der Waals surface area contributed by atoms with E-state index in [1.54, 1.807) is 0 Å². The van der Waals surface area contributed by atoms with Crippen LogP contribution in [-0.2, 0) is 6.54 Å². The zero-order chi connectivity index (χ0) is 13.8. The lowest BCUT2D eigenvalue weighted by Crippen LogP contribution is -2.22. The number of aromatic nitrogens is 1. The standard InChI is InChI=1S/C17H22N2/c1-12(2)18-10-15-7-5-13(3)9-17(15)16-8-6-14(4)19-11-16/h5-9,11-12,18H,10H2,1-4H3. The highest BCUT2D eigenvalue weighted by molar-refractivity contribution is 5.67. The Morgan fingerprint density at radius 3 is 2.53 bits per heavy atom. The van der Waals surface area contributed by atoms with Crippen LogP contribution in [0, 0.1) is 13.8 Å². The second-order valence-electron chi connectivity index (χ2n) is 5.38. The summed E-state index contributed by atoms with van der Waals surface area (Å²) in [6.45, 7) is 9.37. The van der Waals surface area contributed by atoms with Crippen molar-refractivity contribution in [3.8, 4) is 11.1 Å². The van der Waals surface area contributed by atoms with Crippen molar-refractivity contribution in [3.05, 3.63) is 53.3 Å². The van der Waals surface area contributed by atoms with Crippen molar-refractivity contribution in [1.82, 2.24) is 10.3 Å². The minimum absolute atomic E-state index is 0.491. The molecule has 0 atom stereocenters. The molecule has 2 aromatic rings. The zero-order valence-corrected chi connectivity index (χ0v) is 12.2. The molecule has 0 aliphatic heterocycles. The quantitative estimate of drug-likeness (QED) is 0.896. The maximum Gasteiger partial charge on any atom is 0.0373 e. The van der Waals surface area contributed by atoms with Gasteiger partial charge >= 0.3 is 0 Å². The van der Waals surface area contributed by atoms with E-state index in [0.717, 1.165) is 12.2 Å². The number of benzene rings is 1. The van der Waals surface area contributed by atoms with Gasteiger partial charge in [-0.3, -0.25) is 4.98 Å². The van der Waals surface area contributed by atoms with Crippen LogP contribution < -0.4 is 5.32 Å². The molecule has 0 spiro atoms. The molecule has 0 aliphatic carbocycles. The first-order chi connectivity index (χ1) is 9.06. The molecule has 2 heteroatoms. The lowest BCUT2D eigenvalue weighted by atomic mass is 9.98. The molecule has 0 bridgehead atoms. The Bertz CT molecular complexity index is 542. The molecule has 100 valence electrons. The number of rotatable bonds is 4. The molecule has 0 unspecified atom stereocenters. The molecule has 0 aliphatic rings. The topological polar surface area (TPSA) is 24.9 Å². The molecule has 1 heterocycles. The molecule has 2 nitrogen and oxygen atoms in total. The minimum Gasteiger partial charge on any atom is -0.310 e. The van der Waals surface area contributed by atoms with E-state index in [2.05, 4.69) is 61.4 Å². The maximum absolute atomic E-state index is 4.40. The Kier molecular flexibility index (Phi) is 4.33. The third-order valence-corrected chi connectivity index (χ3v) is 3.19. The van der Waals surface area contributed by atoms with Crippen molar-refractivity contribution >= 4 is 0 Å². The first-order valence-corrected chi connectivity index (χ1v) is 6.82. The fraction of sp³-hybridized carbons (Fsp3) is 0.353. The molecular weight excluding hydrogens is 232 g/mol. The Morgan fingerprint density at radius 1 is 1.11 bits per heavy atom. The highest BCUT2D eigenvalue weighted by Gasteiger charge is 2.06. The monoisotopic (exact) mass is 254 g/mol. The van der Waals surface area contributed by atoms with E-state index < -0.39 is 0 Å².